The molecule has 0 aromatic carbocycles. The number of aryl methyl sites for hydroxylation is 1. The molecule has 0 saturated carbocycles. The first kappa shape index (κ1) is 9.74. The first-order chi connectivity index (χ1) is 5.57. The molecule has 1 heterocycles. The van der Waals surface area contributed by atoms with Crippen LogP contribution in [0.4, 0.5) is 0 Å². The molecule has 1 aromatic rings. The summed E-state index contributed by atoms with van der Waals surface area (Å²) in [6.45, 7) is 6.70. The largest absolute Gasteiger partial charge is 0.328 e. The summed E-state index contributed by atoms with van der Waals surface area (Å²) in [4.78, 5) is 0. The monoisotopic (exact) mass is 231 g/mol. The summed E-state index contributed by atoms with van der Waals surface area (Å²) in [6, 6.07) is 0.273. The van der Waals surface area contributed by atoms with Gasteiger partial charge in [0.1, 0.15) is 0 Å². The van der Waals surface area contributed by atoms with Crippen molar-refractivity contribution >= 4 is 15.9 Å². The molecule has 0 bridgehead atoms. The lowest BCUT2D eigenvalue weighted by Crippen LogP contribution is -2.18. The van der Waals surface area contributed by atoms with E-state index in [2.05, 4.69) is 28.0 Å². The highest BCUT2D eigenvalue weighted by Gasteiger charge is 2.11. The van der Waals surface area contributed by atoms with Crippen LogP contribution in [0.15, 0.2) is 4.47 Å². The topological polar surface area (TPSA) is 43.8 Å². The fourth-order valence-corrected chi connectivity index (χ4v) is 1.43. The van der Waals surface area contributed by atoms with Crippen LogP contribution >= 0.6 is 15.9 Å². The van der Waals surface area contributed by atoms with Crippen LogP contribution in [0.3, 0.4) is 0 Å². The summed E-state index contributed by atoms with van der Waals surface area (Å²) < 4.78 is 3.04. The third-order valence-electron chi connectivity index (χ3n) is 2.00. The molecule has 0 fully saturated rings. The maximum absolute atomic E-state index is 5.56. The first-order valence-electron chi connectivity index (χ1n) is 3.99. The van der Waals surface area contributed by atoms with Crippen molar-refractivity contribution in [2.45, 2.75) is 26.8 Å². The van der Waals surface area contributed by atoms with Gasteiger partial charge in [-0.05, 0) is 36.7 Å². The Morgan fingerprint density at radius 3 is 2.50 bits per heavy atom. The third-order valence-corrected chi connectivity index (χ3v) is 3.14. The number of hydrogen-bond donors (Lipinski definition) is 1. The summed E-state index contributed by atoms with van der Waals surface area (Å²) in [5, 5.41) is 4.37. The highest BCUT2D eigenvalue weighted by molar-refractivity contribution is 9.10. The second kappa shape index (κ2) is 3.58. The summed E-state index contributed by atoms with van der Waals surface area (Å²) in [7, 11) is 0. The second-order valence-electron chi connectivity index (χ2n) is 3.01. The van der Waals surface area contributed by atoms with Crippen molar-refractivity contribution in [3.05, 3.63) is 15.9 Å². The Kier molecular flexibility index (Phi) is 2.90. The van der Waals surface area contributed by atoms with Crippen LogP contribution in [0, 0.1) is 13.8 Å². The van der Waals surface area contributed by atoms with E-state index in [1.54, 1.807) is 0 Å². The number of halogens is 1. The van der Waals surface area contributed by atoms with Crippen molar-refractivity contribution in [3.8, 4) is 0 Å². The maximum Gasteiger partial charge on any atom is 0.0738 e. The van der Waals surface area contributed by atoms with Crippen molar-refractivity contribution in [2.24, 2.45) is 5.73 Å². The molecule has 1 aromatic heterocycles. The predicted molar refractivity (Wildman–Crippen MR) is 53.2 cm³/mol. The van der Waals surface area contributed by atoms with Crippen LogP contribution < -0.4 is 5.73 Å². The summed E-state index contributed by atoms with van der Waals surface area (Å²) in [5.41, 5.74) is 7.72. The molecule has 0 amide bonds. The first-order valence-corrected chi connectivity index (χ1v) is 4.78. The molecular weight excluding hydrogens is 218 g/mol. The quantitative estimate of drug-likeness (QED) is 0.844. The molecule has 2 N–H and O–H groups in total. The number of nitrogens with two attached hydrogens (primary N) is 1. The highest BCUT2D eigenvalue weighted by Crippen LogP contribution is 2.22. The van der Waals surface area contributed by atoms with Crippen LogP contribution in [0.25, 0.3) is 0 Å². The molecule has 3 nitrogen and oxygen atoms in total. The van der Waals surface area contributed by atoms with E-state index in [4.69, 9.17) is 5.73 Å². The fourth-order valence-electron chi connectivity index (χ4n) is 1.17. The van der Waals surface area contributed by atoms with Crippen molar-refractivity contribution in [1.82, 2.24) is 9.78 Å². The second-order valence-corrected chi connectivity index (χ2v) is 3.81. The van der Waals surface area contributed by atoms with Crippen molar-refractivity contribution in [2.75, 3.05) is 6.54 Å². The predicted octanol–water partition coefficient (Wildman–Crippen LogP) is 1.78. The number of hydrogen-bond acceptors (Lipinski definition) is 2. The summed E-state index contributed by atoms with van der Waals surface area (Å²) in [5.74, 6) is 0. The van der Waals surface area contributed by atoms with Gasteiger partial charge < -0.3 is 5.73 Å². The standard InChI is InChI=1S/C8H14BrN3/c1-5(4-10)12-7(3)8(9)6(2)11-12/h5H,4,10H2,1-3H3. The van der Waals surface area contributed by atoms with E-state index >= 15 is 0 Å². The molecule has 12 heavy (non-hydrogen) atoms. The summed E-state index contributed by atoms with van der Waals surface area (Å²) in [6.07, 6.45) is 0. The van der Waals surface area contributed by atoms with Gasteiger partial charge in [0, 0.05) is 6.54 Å². The Labute approximate surface area is 81.1 Å². The lowest BCUT2D eigenvalue weighted by Gasteiger charge is -2.10. The smallest absolute Gasteiger partial charge is 0.0738 e. The van der Waals surface area contributed by atoms with Crippen molar-refractivity contribution < 1.29 is 0 Å². The molecule has 1 unspecified atom stereocenters. The molecule has 68 valence electrons. The van der Waals surface area contributed by atoms with Gasteiger partial charge in [0.25, 0.3) is 0 Å². The van der Waals surface area contributed by atoms with Crippen LogP contribution in [-0.2, 0) is 0 Å². The molecule has 0 aliphatic heterocycles. The van der Waals surface area contributed by atoms with E-state index in [0.29, 0.717) is 6.54 Å². The molecule has 1 rings (SSSR count). The Morgan fingerprint density at radius 1 is 1.58 bits per heavy atom. The van der Waals surface area contributed by atoms with E-state index < -0.39 is 0 Å². The number of nitrogens with zero attached hydrogens (tertiary/aromatic N) is 2. The third kappa shape index (κ3) is 1.54. The number of rotatable bonds is 2. The van der Waals surface area contributed by atoms with Gasteiger partial charge in [-0.3, -0.25) is 4.68 Å². The minimum Gasteiger partial charge on any atom is -0.328 e. The average molecular weight is 232 g/mol. The molecule has 0 radical (unpaired) electrons. The highest BCUT2D eigenvalue weighted by atomic mass is 79.9. The lowest BCUT2D eigenvalue weighted by atomic mass is 10.3. The van der Waals surface area contributed by atoms with E-state index in [-0.39, 0.29) is 6.04 Å². The fraction of sp³-hybridized carbons (Fsp3) is 0.625. The number of aromatic nitrogens is 2. The van der Waals surface area contributed by atoms with E-state index in [9.17, 15) is 0 Å². The zero-order valence-corrected chi connectivity index (χ0v) is 9.22. The van der Waals surface area contributed by atoms with Crippen LogP contribution in [-0.4, -0.2) is 16.3 Å². The van der Waals surface area contributed by atoms with Gasteiger partial charge in [-0.2, -0.15) is 5.10 Å². The Morgan fingerprint density at radius 2 is 2.17 bits per heavy atom. The Hall–Kier alpha value is -0.350. The van der Waals surface area contributed by atoms with E-state index in [0.717, 1.165) is 15.9 Å². The van der Waals surface area contributed by atoms with Gasteiger partial charge in [-0.1, -0.05) is 0 Å². The van der Waals surface area contributed by atoms with Gasteiger partial charge in [0.2, 0.25) is 0 Å². The molecule has 0 aliphatic rings. The SMILES string of the molecule is Cc1nn(C(C)CN)c(C)c1Br. The van der Waals surface area contributed by atoms with Gasteiger partial charge in [-0.15, -0.1) is 0 Å². The average Bonchev–Trinajstić information content (AvgIpc) is 2.32. The minimum atomic E-state index is 0.273. The van der Waals surface area contributed by atoms with E-state index in [1.165, 1.54) is 0 Å². The van der Waals surface area contributed by atoms with E-state index in [1.807, 2.05) is 18.5 Å². The molecular formula is C8H14BrN3. The van der Waals surface area contributed by atoms with Crippen molar-refractivity contribution in [1.29, 1.82) is 0 Å². The van der Waals surface area contributed by atoms with Gasteiger partial charge in [-0.25, -0.2) is 0 Å². The van der Waals surface area contributed by atoms with Gasteiger partial charge in [0.15, 0.2) is 0 Å². The molecule has 0 aliphatic carbocycles. The molecule has 0 saturated heterocycles. The lowest BCUT2D eigenvalue weighted by molar-refractivity contribution is 0.487. The van der Waals surface area contributed by atoms with Gasteiger partial charge in [0.05, 0.1) is 21.9 Å². The Bertz CT molecular complexity index is 280. The van der Waals surface area contributed by atoms with Crippen LogP contribution in [0.2, 0.25) is 0 Å². The maximum atomic E-state index is 5.56. The molecule has 1 atom stereocenters. The zero-order valence-electron chi connectivity index (χ0n) is 7.63. The van der Waals surface area contributed by atoms with Crippen molar-refractivity contribution in [3.63, 3.8) is 0 Å². The summed E-state index contributed by atoms with van der Waals surface area (Å²) >= 11 is 3.47. The van der Waals surface area contributed by atoms with Crippen LogP contribution in [0.1, 0.15) is 24.4 Å². The molecule has 0 spiro atoms. The minimum absolute atomic E-state index is 0.273. The Balaban J connectivity index is 3.08. The zero-order chi connectivity index (χ0) is 9.30. The van der Waals surface area contributed by atoms with Gasteiger partial charge >= 0.3 is 0 Å². The normalized spacial score (nSPS) is 13.4. The molecule has 4 heteroatoms. The van der Waals surface area contributed by atoms with Crippen LogP contribution in [0.5, 0.6) is 0 Å².